The van der Waals surface area contributed by atoms with Gasteiger partial charge in [0.15, 0.2) is 0 Å². The van der Waals surface area contributed by atoms with Crippen LogP contribution >= 0.6 is 0 Å². The van der Waals surface area contributed by atoms with E-state index in [2.05, 4.69) is 218 Å². The van der Waals surface area contributed by atoms with Crippen molar-refractivity contribution in [2.45, 2.75) is 0 Å². The Morgan fingerprint density at radius 1 is 0.177 bits per heavy atom. The topological polar surface area (TPSA) is 0 Å². The lowest BCUT2D eigenvalue weighted by atomic mass is 9.85. The van der Waals surface area contributed by atoms with Gasteiger partial charge in [-0.05, 0) is 154 Å². The molecular weight excluding hydrogens is 745 g/mol. The van der Waals surface area contributed by atoms with Gasteiger partial charge in [-0.3, -0.25) is 0 Å². The lowest BCUT2D eigenvalue weighted by Gasteiger charge is -2.17. The van der Waals surface area contributed by atoms with Crippen LogP contribution in [0.15, 0.2) is 218 Å². The monoisotopic (exact) mass is 780 g/mol. The summed E-state index contributed by atoms with van der Waals surface area (Å²) in [5.41, 5.74) is 10.2. The molecule has 0 heterocycles. The number of hydrogen-bond donors (Lipinski definition) is 0. The molecular formula is C62H36. The lowest BCUT2D eigenvalue weighted by Crippen LogP contribution is -1.89. The van der Waals surface area contributed by atoms with Gasteiger partial charge in [0.2, 0.25) is 0 Å². The number of rotatable bonds is 4. The molecule has 0 N–H and O–H groups in total. The van der Waals surface area contributed by atoms with Gasteiger partial charge in [-0.15, -0.1) is 0 Å². The molecule has 0 fully saturated rings. The van der Waals surface area contributed by atoms with Crippen LogP contribution in [0.4, 0.5) is 0 Å². The Morgan fingerprint density at radius 3 is 1.08 bits per heavy atom. The molecule has 0 aromatic heterocycles. The summed E-state index contributed by atoms with van der Waals surface area (Å²) in [6.45, 7) is 0. The van der Waals surface area contributed by atoms with Crippen molar-refractivity contribution in [2.75, 3.05) is 0 Å². The first-order valence-corrected chi connectivity index (χ1v) is 21.7. The van der Waals surface area contributed by atoms with Crippen molar-refractivity contribution in [3.63, 3.8) is 0 Å². The van der Waals surface area contributed by atoms with Gasteiger partial charge < -0.3 is 0 Å². The summed E-state index contributed by atoms with van der Waals surface area (Å²) in [5.74, 6) is 0. The summed E-state index contributed by atoms with van der Waals surface area (Å²) in [7, 11) is 0. The predicted molar refractivity (Wildman–Crippen MR) is 268 cm³/mol. The third-order valence-electron chi connectivity index (χ3n) is 13.9. The van der Waals surface area contributed by atoms with Crippen molar-refractivity contribution < 1.29 is 0 Å². The average Bonchev–Trinajstić information content (AvgIpc) is 3.84. The van der Waals surface area contributed by atoms with Crippen molar-refractivity contribution in [2.24, 2.45) is 0 Å². The lowest BCUT2D eigenvalue weighted by molar-refractivity contribution is 1.68. The van der Waals surface area contributed by atoms with Crippen molar-refractivity contribution >= 4 is 97.0 Å². The molecule has 0 saturated carbocycles. The van der Waals surface area contributed by atoms with E-state index in [4.69, 9.17) is 0 Å². The average molecular weight is 781 g/mol. The molecule has 0 nitrogen and oxygen atoms in total. The smallest absolute Gasteiger partial charge is 0.000740 e. The van der Waals surface area contributed by atoms with E-state index in [-0.39, 0.29) is 0 Å². The van der Waals surface area contributed by atoms with Crippen LogP contribution in [0.1, 0.15) is 0 Å². The second-order valence-corrected chi connectivity index (χ2v) is 17.0. The molecule has 284 valence electrons. The minimum absolute atomic E-state index is 1.24. The zero-order valence-corrected chi connectivity index (χ0v) is 33.8. The maximum absolute atomic E-state index is 2.54. The molecule has 14 aromatic rings. The predicted octanol–water partition coefficient (Wildman–Crippen LogP) is 17.6. The molecule has 14 rings (SSSR count). The van der Waals surface area contributed by atoms with Crippen LogP contribution in [0.25, 0.3) is 141 Å². The van der Waals surface area contributed by atoms with Gasteiger partial charge in [0.1, 0.15) is 0 Å². The number of fused-ring (bicyclic) bond motifs is 9. The van der Waals surface area contributed by atoms with Gasteiger partial charge in [0.05, 0.1) is 0 Å². The maximum Gasteiger partial charge on any atom is -0.000740 e. The van der Waals surface area contributed by atoms with Gasteiger partial charge in [0.25, 0.3) is 0 Å². The number of benzene rings is 12. The zero-order valence-electron chi connectivity index (χ0n) is 33.8. The van der Waals surface area contributed by atoms with Gasteiger partial charge in [-0.25, -0.2) is 0 Å². The van der Waals surface area contributed by atoms with Gasteiger partial charge >= 0.3 is 0 Å². The van der Waals surface area contributed by atoms with E-state index in [9.17, 15) is 0 Å². The van der Waals surface area contributed by atoms with E-state index in [0.29, 0.717) is 0 Å². The second kappa shape index (κ2) is 12.7. The van der Waals surface area contributed by atoms with Crippen LogP contribution in [0.5, 0.6) is 0 Å². The highest BCUT2D eigenvalue weighted by Gasteiger charge is 2.26. The molecule has 0 radical (unpaired) electrons. The van der Waals surface area contributed by atoms with Crippen molar-refractivity contribution in [1.82, 2.24) is 0 Å². The van der Waals surface area contributed by atoms with E-state index >= 15 is 0 Å². The molecule has 0 unspecified atom stereocenters. The SMILES string of the molecule is c1ccc(-c2c3cc4c(cc3c(-c3ccccc3)c3c5ccc(-c6cccc7ccccc67)c6cccc(c23)c65)c2ccc(-c3cccc5ccccc35)c3cccc4c32)cc1. The summed E-state index contributed by atoms with van der Waals surface area (Å²) in [6, 6.07) is 81.8. The summed E-state index contributed by atoms with van der Waals surface area (Å²) in [5, 5.41) is 23.4. The minimum Gasteiger partial charge on any atom is -0.0622 e. The molecule has 0 spiro atoms. The Hall–Kier alpha value is -8.06. The first-order valence-electron chi connectivity index (χ1n) is 21.7. The highest BCUT2D eigenvalue weighted by molar-refractivity contribution is 6.43. The quantitative estimate of drug-likeness (QED) is 0.167. The summed E-state index contributed by atoms with van der Waals surface area (Å²) in [6.07, 6.45) is 0. The molecule has 0 heteroatoms. The largest absolute Gasteiger partial charge is 0.0622 e. The summed E-state index contributed by atoms with van der Waals surface area (Å²) >= 11 is 0. The molecule has 62 heavy (non-hydrogen) atoms. The normalized spacial score (nSPS) is 12.2. The van der Waals surface area contributed by atoms with E-state index in [1.807, 2.05) is 0 Å². The Balaban J connectivity index is 1.16. The summed E-state index contributed by atoms with van der Waals surface area (Å²) < 4.78 is 0. The highest BCUT2D eigenvalue weighted by Crippen LogP contribution is 2.54. The van der Waals surface area contributed by atoms with Crippen LogP contribution in [0, 0.1) is 0 Å². The molecule has 0 atom stereocenters. The third-order valence-corrected chi connectivity index (χ3v) is 13.9. The molecule has 14 aromatic carbocycles. The third kappa shape index (κ3) is 4.56. The Bertz CT molecular complexity index is 3990. The standard InChI is InChI=1S/C62H36/c1-3-17-39(18-4-1)57-55-35-53-49-29-13-27-47-45(43-25-11-21-37-15-7-9-23-41(37)43)31-33-50(59(47)49)54(53)36-56(55)58(40-19-5-2-6-20-40)62-52-34-32-46(48-28-14-30-51(60(48)52)61(57)62)44-26-12-22-38-16-8-10-24-42(38)44/h1-36H. The first-order chi connectivity index (χ1) is 30.8. The Morgan fingerprint density at radius 2 is 0.532 bits per heavy atom. The molecule has 0 bridgehead atoms. The van der Waals surface area contributed by atoms with E-state index in [0.717, 1.165) is 0 Å². The fraction of sp³-hybridized carbons (Fsp3) is 0. The van der Waals surface area contributed by atoms with Crippen LogP contribution in [-0.4, -0.2) is 0 Å². The van der Waals surface area contributed by atoms with Crippen molar-refractivity contribution in [3.8, 4) is 44.5 Å². The number of hydrogen-bond acceptors (Lipinski definition) is 0. The van der Waals surface area contributed by atoms with Gasteiger partial charge in [-0.2, -0.15) is 0 Å². The maximum atomic E-state index is 2.54. The van der Waals surface area contributed by atoms with Gasteiger partial charge in [0, 0.05) is 0 Å². The summed E-state index contributed by atoms with van der Waals surface area (Å²) in [4.78, 5) is 0. The van der Waals surface area contributed by atoms with E-state index < -0.39 is 0 Å². The van der Waals surface area contributed by atoms with Crippen LogP contribution in [0.2, 0.25) is 0 Å². The molecule has 0 aliphatic carbocycles. The Labute approximate surface area is 358 Å². The highest BCUT2D eigenvalue weighted by atomic mass is 14.3. The second-order valence-electron chi connectivity index (χ2n) is 17.0. The minimum atomic E-state index is 1.24. The molecule has 0 aliphatic rings. The van der Waals surface area contributed by atoms with E-state index in [1.54, 1.807) is 0 Å². The fourth-order valence-electron chi connectivity index (χ4n) is 11.4. The van der Waals surface area contributed by atoms with Crippen LogP contribution < -0.4 is 0 Å². The van der Waals surface area contributed by atoms with Gasteiger partial charge in [-0.1, -0.05) is 206 Å². The van der Waals surface area contributed by atoms with Crippen molar-refractivity contribution in [3.05, 3.63) is 218 Å². The molecule has 0 aliphatic heterocycles. The Kier molecular flexibility index (Phi) is 6.92. The van der Waals surface area contributed by atoms with Crippen LogP contribution in [0.3, 0.4) is 0 Å². The van der Waals surface area contributed by atoms with Crippen LogP contribution in [-0.2, 0) is 0 Å². The first kappa shape index (κ1) is 33.7. The fourth-order valence-corrected chi connectivity index (χ4v) is 11.4. The molecule has 0 saturated heterocycles. The van der Waals surface area contributed by atoms with Crippen molar-refractivity contribution in [1.29, 1.82) is 0 Å². The zero-order chi connectivity index (χ0) is 40.5. The van der Waals surface area contributed by atoms with E-state index in [1.165, 1.54) is 141 Å². The molecule has 0 amide bonds.